The molecule has 2 saturated carbocycles. The van der Waals surface area contributed by atoms with Crippen LogP contribution in [0.1, 0.15) is 32.1 Å². The maximum Gasteiger partial charge on any atom is 0.317 e. The Labute approximate surface area is 91.2 Å². The number of nitrogens with one attached hydrogen (secondary N) is 1. The molecule has 3 rings (SSSR count). The smallest absolute Gasteiger partial charge is 0.317 e. The first-order chi connectivity index (χ1) is 7.33. The lowest BCUT2D eigenvalue weighted by molar-refractivity contribution is 0.162. The molecule has 0 radical (unpaired) electrons. The number of nitrogens with zero attached hydrogens (tertiary/aromatic N) is 1. The van der Waals surface area contributed by atoms with Gasteiger partial charge < -0.3 is 10.2 Å². The van der Waals surface area contributed by atoms with Gasteiger partial charge in [0.1, 0.15) is 0 Å². The molecule has 3 atom stereocenters. The number of hydrogen-bond donors (Lipinski definition) is 1. The Hall–Kier alpha value is -0.730. The van der Waals surface area contributed by atoms with Crippen molar-refractivity contribution in [1.82, 2.24) is 10.2 Å². The van der Waals surface area contributed by atoms with E-state index in [0.717, 1.165) is 43.8 Å². The van der Waals surface area contributed by atoms with Gasteiger partial charge in [-0.25, -0.2) is 4.79 Å². The molecule has 84 valence electrons. The Morgan fingerprint density at radius 3 is 2.93 bits per heavy atom. The van der Waals surface area contributed by atoms with Crippen LogP contribution in [0.2, 0.25) is 0 Å². The second-order valence-corrected chi connectivity index (χ2v) is 5.47. The first-order valence-corrected chi connectivity index (χ1v) is 6.35. The third-order valence-electron chi connectivity index (χ3n) is 4.51. The number of fused-ring (bicyclic) bond motifs is 2. The summed E-state index contributed by atoms with van der Waals surface area (Å²) >= 11 is 0. The van der Waals surface area contributed by atoms with Crippen LogP contribution in [0.4, 0.5) is 4.79 Å². The monoisotopic (exact) mass is 208 g/mol. The number of urea groups is 1. The molecule has 0 aromatic carbocycles. The molecule has 0 spiro atoms. The van der Waals surface area contributed by atoms with E-state index >= 15 is 0 Å². The third kappa shape index (κ3) is 1.72. The van der Waals surface area contributed by atoms with Crippen molar-refractivity contribution in [3.63, 3.8) is 0 Å². The number of carbonyl (C=O) groups excluding carboxylic acids is 1. The number of carbonyl (C=O) groups is 1. The Morgan fingerprint density at radius 1 is 1.33 bits per heavy atom. The molecule has 15 heavy (non-hydrogen) atoms. The zero-order valence-corrected chi connectivity index (χ0v) is 9.24. The first-order valence-electron chi connectivity index (χ1n) is 6.35. The zero-order valence-electron chi connectivity index (χ0n) is 9.24. The summed E-state index contributed by atoms with van der Waals surface area (Å²) in [5, 5.41) is 2.94. The quantitative estimate of drug-likeness (QED) is 0.738. The van der Waals surface area contributed by atoms with Crippen LogP contribution >= 0.6 is 0 Å². The fraction of sp³-hybridized carbons (Fsp3) is 0.917. The molecule has 3 aliphatic rings. The highest BCUT2D eigenvalue weighted by molar-refractivity contribution is 5.74. The first kappa shape index (κ1) is 9.49. The molecule has 3 fully saturated rings. The second-order valence-electron chi connectivity index (χ2n) is 5.47. The maximum atomic E-state index is 11.6. The van der Waals surface area contributed by atoms with E-state index in [2.05, 4.69) is 5.32 Å². The Morgan fingerprint density at radius 2 is 2.27 bits per heavy atom. The highest BCUT2D eigenvalue weighted by atomic mass is 16.2. The van der Waals surface area contributed by atoms with Gasteiger partial charge in [-0.2, -0.15) is 0 Å². The summed E-state index contributed by atoms with van der Waals surface area (Å²) in [5.74, 6) is 2.74. The van der Waals surface area contributed by atoms with Crippen LogP contribution in [-0.4, -0.2) is 30.6 Å². The summed E-state index contributed by atoms with van der Waals surface area (Å²) in [4.78, 5) is 13.6. The van der Waals surface area contributed by atoms with E-state index in [1.54, 1.807) is 0 Å². The zero-order chi connectivity index (χ0) is 10.3. The number of rotatable bonds is 2. The molecule has 3 nitrogen and oxygen atoms in total. The minimum absolute atomic E-state index is 0.170. The van der Waals surface area contributed by atoms with E-state index in [-0.39, 0.29) is 6.03 Å². The molecule has 1 N–H and O–H groups in total. The topological polar surface area (TPSA) is 32.3 Å². The molecular formula is C12H20N2O. The Kier molecular flexibility index (Phi) is 2.33. The van der Waals surface area contributed by atoms with Gasteiger partial charge in [-0.3, -0.25) is 0 Å². The predicted molar refractivity (Wildman–Crippen MR) is 58.5 cm³/mol. The van der Waals surface area contributed by atoms with Crippen molar-refractivity contribution in [2.24, 2.45) is 17.8 Å². The minimum Gasteiger partial charge on any atom is -0.338 e. The van der Waals surface area contributed by atoms with Gasteiger partial charge in [-0.05, 0) is 43.4 Å². The van der Waals surface area contributed by atoms with Crippen molar-refractivity contribution in [1.29, 1.82) is 0 Å². The molecule has 2 amide bonds. The van der Waals surface area contributed by atoms with E-state index in [4.69, 9.17) is 0 Å². The van der Waals surface area contributed by atoms with Crippen molar-refractivity contribution in [3.05, 3.63) is 0 Å². The fourth-order valence-electron chi connectivity index (χ4n) is 3.74. The average molecular weight is 208 g/mol. The molecule has 1 aliphatic heterocycles. The van der Waals surface area contributed by atoms with Gasteiger partial charge in [-0.15, -0.1) is 0 Å². The van der Waals surface area contributed by atoms with Gasteiger partial charge in [0.2, 0.25) is 0 Å². The van der Waals surface area contributed by atoms with Crippen molar-refractivity contribution in [2.75, 3.05) is 19.6 Å². The lowest BCUT2D eigenvalue weighted by Crippen LogP contribution is -2.48. The summed E-state index contributed by atoms with van der Waals surface area (Å²) in [6.45, 7) is 2.86. The highest BCUT2D eigenvalue weighted by Gasteiger charge is 2.40. The van der Waals surface area contributed by atoms with Crippen LogP contribution in [0.15, 0.2) is 0 Å². The minimum atomic E-state index is 0.170. The van der Waals surface area contributed by atoms with E-state index in [1.165, 1.54) is 25.7 Å². The summed E-state index contributed by atoms with van der Waals surface area (Å²) in [6.07, 6.45) is 6.82. The molecule has 2 aliphatic carbocycles. The van der Waals surface area contributed by atoms with E-state index in [0.29, 0.717) is 0 Å². The van der Waals surface area contributed by atoms with E-state index in [1.807, 2.05) is 4.90 Å². The molecular weight excluding hydrogens is 188 g/mol. The van der Waals surface area contributed by atoms with Crippen LogP contribution < -0.4 is 5.32 Å². The van der Waals surface area contributed by atoms with Crippen LogP contribution in [0.5, 0.6) is 0 Å². The maximum absolute atomic E-state index is 11.6. The van der Waals surface area contributed by atoms with Crippen LogP contribution in [-0.2, 0) is 0 Å². The van der Waals surface area contributed by atoms with Gasteiger partial charge in [0.25, 0.3) is 0 Å². The summed E-state index contributed by atoms with van der Waals surface area (Å²) in [7, 11) is 0. The SMILES string of the molecule is O=C1NCCCN1CC1CC2CCC1C2. The van der Waals surface area contributed by atoms with Gasteiger partial charge in [-0.1, -0.05) is 6.42 Å². The molecule has 3 heteroatoms. The fourth-order valence-corrected chi connectivity index (χ4v) is 3.74. The molecule has 2 bridgehead atoms. The summed E-state index contributed by atoms with van der Waals surface area (Å²) in [5.41, 5.74) is 0. The molecule has 0 aromatic rings. The highest BCUT2D eigenvalue weighted by Crippen LogP contribution is 2.48. The predicted octanol–water partition coefficient (Wildman–Crippen LogP) is 1.84. The molecule has 3 unspecified atom stereocenters. The second kappa shape index (κ2) is 3.69. The van der Waals surface area contributed by atoms with Crippen LogP contribution in [0, 0.1) is 17.8 Å². The lowest BCUT2D eigenvalue weighted by atomic mass is 9.88. The Bertz CT molecular complexity index is 266. The van der Waals surface area contributed by atoms with Crippen LogP contribution in [0.25, 0.3) is 0 Å². The van der Waals surface area contributed by atoms with Crippen LogP contribution in [0.3, 0.4) is 0 Å². The van der Waals surface area contributed by atoms with E-state index < -0.39 is 0 Å². The molecule has 1 saturated heterocycles. The third-order valence-corrected chi connectivity index (χ3v) is 4.51. The Balaban J connectivity index is 1.58. The van der Waals surface area contributed by atoms with Gasteiger partial charge in [0.05, 0.1) is 0 Å². The largest absolute Gasteiger partial charge is 0.338 e. The number of hydrogen-bond acceptors (Lipinski definition) is 1. The molecule has 0 aromatic heterocycles. The average Bonchev–Trinajstić information content (AvgIpc) is 2.83. The lowest BCUT2D eigenvalue weighted by Gasteiger charge is -2.32. The van der Waals surface area contributed by atoms with Crippen molar-refractivity contribution >= 4 is 6.03 Å². The molecule has 1 heterocycles. The van der Waals surface area contributed by atoms with Gasteiger partial charge in [0.15, 0.2) is 0 Å². The standard InChI is InChI=1S/C12H20N2O/c15-12-13-4-1-5-14(12)8-11-7-9-2-3-10(11)6-9/h9-11H,1-8H2,(H,13,15). The van der Waals surface area contributed by atoms with Gasteiger partial charge in [0, 0.05) is 19.6 Å². The van der Waals surface area contributed by atoms with Crippen molar-refractivity contribution < 1.29 is 4.79 Å². The number of amides is 2. The normalized spacial score (nSPS) is 39.6. The van der Waals surface area contributed by atoms with Crippen molar-refractivity contribution in [3.8, 4) is 0 Å². The van der Waals surface area contributed by atoms with E-state index in [9.17, 15) is 4.79 Å². The summed E-state index contributed by atoms with van der Waals surface area (Å²) < 4.78 is 0. The van der Waals surface area contributed by atoms with Crippen molar-refractivity contribution in [2.45, 2.75) is 32.1 Å². The summed E-state index contributed by atoms with van der Waals surface area (Å²) in [6, 6.07) is 0.170. The van der Waals surface area contributed by atoms with Gasteiger partial charge >= 0.3 is 6.03 Å².